The minimum Gasteiger partial charge on any atom is -0.236 e. The van der Waals surface area contributed by atoms with Crippen LogP contribution in [0.15, 0.2) is 52.3 Å². The average molecular weight is 348 g/mol. The van der Waals surface area contributed by atoms with Crippen molar-refractivity contribution < 1.29 is 4.39 Å². The second-order valence-corrected chi connectivity index (χ2v) is 6.29. The van der Waals surface area contributed by atoms with E-state index in [1.165, 1.54) is 6.07 Å². The third kappa shape index (κ3) is 2.67. The standard InChI is InChI=1S/C16H11BrFNS/c1-10-7-12(5-6-14(10)18)16-19-15(9-20-16)11-3-2-4-13(17)8-11/h2-9H,1H3. The molecule has 0 N–H and O–H groups in total. The van der Waals surface area contributed by atoms with E-state index in [0.717, 1.165) is 26.3 Å². The first-order valence-electron chi connectivity index (χ1n) is 6.11. The van der Waals surface area contributed by atoms with Crippen LogP contribution in [0.5, 0.6) is 0 Å². The summed E-state index contributed by atoms with van der Waals surface area (Å²) in [5.41, 5.74) is 3.60. The van der Waals surface area contributed by atoms with Crippen LogP contribution >= 0.6 is 27.3 Å². The molecule has 1 nitrogen and oxygen atoms in total. The fourth-order valence-electron chi connectivity index (χ4n) is 1.96. The molecule has 0 fully saturated rings. The van der Waals surface area contributed by atoms with E-state index < -0.39 is 0 Å². The summed E-state index contributed by atoms with van der Waals surface area (Å²) < 4.78 is 14.3. The Labute approximate surface area is 129 Å². The lowest BCUT2D eigenvalue weighted by atomic mass is 10.1. The Morgan fingerprint density at radius 3 is 2.70 bits per heavy atom. The third-order valence-electron chi connectivity index (χ3n) is 3.03. The van der Waals surface area contributed by atoms with E-state index in [2.05, 4.69) is 20.9 Å². The van der Waals surface area contributed by atoms with Gasteiger partial charge in [0.1, 0.15) is 10.8 Å². The van der Waals surface area contributed by atoms with Gasteiger partial charge >= 0.3 is 0 Å². The first-order valence-corrected chi connectivity index (χ1v) is 7.79. The van der Waals surface area contributed by atoms with Gasteiger partial charge in [-0.25, -0.2) is 9.37 Å². The Kier molecular flexibility index (Phi) is 3.68. The number of hydrogen-bond acceptors (Lipinski definition) is 2. The summed E-state index contributed by atoms with van der Waals surface area (Å²) in [5, 5.41) is 2.93. The largest absolute Gasteiger partial charge is 0.236 e. The van der Waals surface area contributed by atoms with Crippen LogP contribution in [0.3, 0.4) is 0 Å². The summed E-state index contributed by atoms with van der Waals surface area (Å²) in [6, 6.07) is 13.1. The Hall–Kier alpha value is -1.52. The van der Waals surface area contributed by atoms with Crippen LogP contribution < -0.4 is 0 Å². The van der Waals surface area contributed by atoms with E-state index in [1.807, 2.05) is 35.7 Å². The molecular weight excluding hydrogens is 337 g/mol. The predicted molar refractivity (Wildman–Crippen MR) is 85.4 cm³/mol. The zero-order valence-corrected chi connectivity index (χ0v) is 13.1. The number of nitrogens with zero attached hydrogens (tertiary/aromatic N) is 1. The van der Waals surface area contributed by atoms with Crippen LogP contribution in [-0.2, 0) is 0 Å². The summed E-state index contributed by atoms with van der Waals surface area (Å²) in [7, 11) is 0. The number of aromatic nitrogens is 1. The molecule has 4 heteroatoms. The predicted octanol–water partition coefficient (Wildman–Crippen LogP) is 5.69. The Morgan fingerprint density at radius 1 is 1.10 bits per heavy atom. The second-order valence-electron chi connectivity index (χ2n) is 4.51. The number of benzene rings is 2. The maximum absolute atomic E-state index is 13.3. The van der Waals surface area contributed by atoms with Crippen LogP contribution in [0.2, 0.25) is 0 Å². The minimum absolute atomic E-state index is 0.183. The smallest absolute Gasteiger partial charge is 0.126 e. The van der Waals surface area contributed by atoms with Crippen LogP contribution in [0.1, 0.15) is 5.56 Å². The molecule has 0 spiro atoms. The number of aryl methyl sites for hydroxylation is 1. The maximum Gasteiger partial charge on any atom is 0.126 e. The molecular formula is C16H11BrFNS. The van der Waals surface area contributed by atoms with Gasteiger partial charge in [-0.15, -0.1) is 11.3 Å². The van der Waals surface area contributed by atoms with Crippen molar-refractivity contribution in [2.75, 3.05) is 0 Å². The molecule has 20 heavy (non-hydrogen) atoms. The topological polar surface area (TPSA) is 12.9 Å². The molecule has 0 aliphatic carbocycles. The molecule has 0 saturated heterocycles. The minimum atomic E-state index is -0.183. The summed E-state index contributed by atoms with van der Waals surface area (Å²) in [5.74, 6) is -0.183. The van der Waals surface area contributed by atoms with Gasteiger partial charge in [-0.2, -0.15) is 0 Å². The van der Waals surface area contributed by atoms with Crippen molar-refractivity contribution >= 4 is 27.3 Å². The average Bonchev–Trinajstić information content (AvgIpc) is 2.92. The van der Waals surface area contributed by atoms with E-state index in [-0.39, 0.29) is 5.82 Å². The van der Waals surface area contributed by atoms with Gasteiger partial charge in [0.2, 0.25) is 0 Å². The van der Waals surface area contributed by atoms with E-state index in [1.54, 1.807) is 24.3 Å². The molecule has 0 radical (unpaired) electrons. The summed E-state index contributed by atoms with van der Waals surface area (Å²) >= 11 is 5.03. The van der Waals surface area contributed by atoms with E-state index in [0.29, 0.717) is 5.56 Å². The van der Waals surface area contributed by atoms with Gasteiger partial charge in [-0.05, 0) is 42.8 Å². The van der Waals surface area contributed by atoms with Crippen molar-refractivity contribution in [3.63, 3.8) is 0 Å². The zero-order valence-electron chi connectivity index (χ0n) is 10.7. The van der Waals surface area contributed by atoms with Gasteiger partial charge < -0.3 is 0 Å². The maximum atomic E-state index is 13.3. The van der Waals surface area contributed by atoms with Gasteiger partial charge in [-0.3, -0.25) is 0 Å². The Balaban J connectivity index is 1.99. The van der Waals surface area contributed by atoms with Crippen LogP contribution in [0, 0.1) is 12.7 Å². The van der Waals surface area contributed by atoms with Crippen LogP contribution in [0.25, 0.3) is 21.8 Å². The van der Waals surface area contributed by atoms with Gasteiger partial charge in [0.05, 0.1) is 5.69 Å². The van der Waals surface area contributed by atoms with Crippen molar-refractivity contribution in [1.29, 1.82) is 0 Å². The lowest BCUT2D eigenvalue weighted by Crippen LogP contribution is -1.84. The van der Waals surface area contributed by atoms with E-state index in [9.17, 15) is 4.39 Å². The molecule has 100 valence electrons. The van der Waals surface area contributed by atoms with Gasteiger partial charge in [0.25, 0.3) is 0 Å². The van der Waals surface area contributed by atoms with Crippen molar-refractivity contribution in [1.82, 2.24) is 4.98 Å². The van der Waals surface area contributed by atoms with Crippen LogP contribution in [0.4, 0.5) is 4.39 Å². The summed E-state index contributed by atoms with van der Waals surface area (Å²) in [6.45, 7) is 1.77. The van der Waals surface area contributed by atoms with Gasteiger partial charge in [0, 0.05) is 21.0 Å². The highest BCUT2D eigenvalue weighted by Crippen LogP contribution is 2.30. The summed E-state index contributed by atoms with van der Waals surface area (Å²) in [6.07, 6.45) is 0. The van der Waals surface area contributed by atoms with Gasteiger partial charge in [-0.1, -0.05) is 28.1 Å². The highest BCUT2D eigenvalue weighted by molar-refractivity contribution is 9.10. The van der Waals surface area contributed by atoms with Crippen molar-refractivity contribution in [2.45, 2.75) is 6.92 Å². The molecule has 0 amide bonds. The van der Waals surface area contributed by atoms with Crippen LogP contribution in [-0.4, -0.2) is 4.98 Å². The number of halogens is 2. The first kappa shape index (κ1) is 13.5. The highest BCUT2D eigenvalue weighted by Gasteiger charge is 2.08. The van der Waals surface area contributed by atoms with E-state index >= 15 is 0 Å². The zero-order chi connectivity index (χ0) is 14.1. The molecule has 0 unspecified atom stereocenters. The fraction of sp³-hybridized carbons (Fsp3) is 0.0625. The van der Waals surface area contributed by atoms with Crippen molar-refractivity contribution in [3.05, 3.63) is 63.7 Å². The molecule has 3 aromatic rings. The monoisotopic (exact) mass is 347 g/mol. The quantitative estimate of drug-likeness (QED) is 0.580. The highest BCUT2D eigenvalue weighted by atomic mass is 79.9. The van der Waals surface area contributed by atoms with E-state index in [4.69, 9.17) is 0 Å². The number of rotatable bonds is 2. The first-order chi connectivity index (χ1) is 9.63. The molecule has 0 aliphatic rings. The fourth-order valence-corrected chi connectivity index (χ4v) is 3.19. The molecule has 0 atom stereocenters. The SMILES string of the molecule is Cc1cc(-c2nc(-c3cccc(Br)c3)cs2)ccc1F. The molecule has 3 rings (SSSR count). The normalized spacial score (nSPS) is 10.8. The van der Waals surface area contributed by atoms with Crippen molar-refractivity contribution in [3.8, 4) is 21.8 Å². The molecule has 1 heterocycles. The molecule has 0 saturated carbocycles. The lowest BCUT2D eigenvalue weighted by Gasteiger charge is -2.00. The number of hydrogen-bond donors (Lipinski definition) is 0. The molecule has 0 bridgehead atoms. The molecule has 2 aromatic carbocycles. The third-order valence-corrected chi connectivity index (χ3v) is 4.41. The summed E-state index contributed by atoms with van der Waals surface area (Å²) in [4.78, 5) is 4.64. The molecule has 0 aliphatic heterocycles. The second kappa shape index (κ2) is 5.46. The molecule has 1 aromatic heterocycles. The Morgan fingerprint density at radius 2 is 1.95 bits per heavy atom. The van der Waals surface area contributed by atoms with Gasteiger partial charge in [0.15, 0.2) is 0 Å². The Bertz CT molecular complexity index is 767. The van der Waals surface area contributed by atoms with Crippen molar-refractivity contribution in [2.24, 2.45) is 0 Å². The number of thiazole rings is 1. The lowest BCUT2D eigenvalue weighted by molar-refractivity contribution is 0.619.